The van der Waals surface area contributed by atoms with E-state index in [9.17, 15) is 13.2 Å². The number of amides is 1. The SMILES string of the molecule is O=C(NCCc1ccc(S(=O)(=O)Cl)s1)c1ccnnc1. The first-order valence-corrected chi connectivity index (χ1v) is 8.67. The second kappa shape index (κ2) is 6.29. The molecule has 2 heterocycles. The summed E-state index contributed by atoms with van der Waals surface area (Å²) in [7, 11) is 1.56. The zero-order valence-corrected chi connectivity index (χ0v) is 12.5. The Labute approximate surface area is 124 Å². The predicted molar refractivity (Wildman–Crippen MR) is 75.4 cm³/mol. The molecular formula is C11H10ClN3O3S2. The third-order valence-electron chi connectivity index (χ3n) is 2.38. The Morgan fingerprint density at radius 2 is 2.10 bits per heavy atom. The summed E-state index contributed by atoms with van der Waals surface area (Å²) in [6, 6.07) is 4.70. The van der Waals surface area contributed by atoms with Crippen LogP contribution in [-0.4, -0.2) is 31.1 Å². The van der Waals surface area contributed by atoms with Crippen molar-refractivity contribution < 1.29 is 13.2 Å². The summed E-state index contributed by atoms with van der Waals surface area (Å²) in [5, 5.41) is 9.91. The molecule has 0 fully saturated rings. The van der Waals surface area contributed by atoms with E-state index in [2.05, 4.69) is 15.5 Å². The van der Waals surface area contributed by atoms with Gasteiger partial charge in [-0.3, -0.25) is 4.79 Å². The maximum atomic E-state index is 11.7. The quantitative estimate of drug-likeness (QED) is 0.837. The first-order chi connectivity index (χ1) is 9.47. The number of halogens is 1. The van der Waals surface area contributed by atoms with Gasteiger partial charge in [0, 0.05) is 22.1 Å². The van der Waals surface area contributed by atoms with Crippen LogP contribution in [-0.2, 0) is 15.5 Å². The summed E-state index contributed by atoms with van der Waals surface area (Å²) in [4.78, 5) is 12.5. The van der Waals surface area contributed by atoms with E-state index in [0.29, 0.717) is 18.5 Å². The van der Waals surface area contributed by atoms with E-state index in [1.807, 2.05) is 0 Å². The van der Waals surface area contributed by atoms with E-state index < -0.39 is 9.05 Å². The van der Waals surface area contributed by atoms with E-state index in [-0.39, 0.29) is 10.1 Å². The van der Waals surface area contributed by atoms with Gasteiger partial charge < -0.3 is 5.32 Å². The number of hydrogen-bond donors (Lipinski definition) is 1. The first-order valence-electron chi connectivity index (χ1n) is 5.55. The number of rotatable bonds is 5. The van der Waals surface area contributed by atoms with E-state index in [1.54, 1.807) is 12.1 Å². The Morgan fingerprint density at radius 1 is 1.30 bits per heavy atom. The fourth-order valence-electron chi connectivity index (χ4n) is 1.45. The lowest BCUT2D eigenvalue weighted by molar-refractivity contribution is 0.0953. The van der Waals surface area contributed by atoms with Crippen molar-refractivity contribution in [2.45, 2.75) is 10.6 Å². The van der Waals surface area contributed by atoms with E-state index in [1.165, 1.54) is 18.5 Å². The number of hydrogen-bond acceptors (Lipinski definition) is 6. The third kappa shape index (κ3) is 3.99. The van der Waals surface area contributed by atoms with Gasteiger partial charge in [0.2, 0.25) is 0 Å². The number of carbonyl (C=O) groups excluding carboxylic acids is 1. The number of nitrogens with one attached hydrogen (secondary N) is 1. The van der Waals surface area contributed by atoms with Crippen LogP contribution in [0.4, 0.5) is 0 Å². The number of aromatic nitrogens is 2. The summed E-state index contributed by atoms with van der Waals surface area (Å²) in [5.74, 6) is -0.248. The van der Waals surface area contributed by atoms with Crippen LogP contribution in [0.5, 0.6) is 0 Å². The molecular weight excluding hydrogens is 322 g/mol. The highest BCUT2D eigenvalue weighted by Crippen LogP contribution is 2.24. The molecule has 2 rings (SSSR count). The molecule has 6 nitrogen and oxygen atoms in total. The van der Waals surface area contributed by atoms with Crippen LogP contribution >= 0.6 is 22.0 Å². The van der Waals surface area contributed by atoms with Crippen molar-refractivity contribution in [2.75, 3.05) is 6.54 Å². The number of carbonyl (C=O) groups is 1. The summed E-state index contributed by atoms with van der Waals surface area (Å²) in [6.07, 6.45) is 3.34. The molecule has 0 unspecified atom stereocenters. The van der Waals surface area contributed by atoms with Gasteiger partial charge in [0.05, 0.1) is 18.0 Å². The van der Waals surface area contributed by atoms with Gasteiger partial charge in [-0.1, -0.05) is 0 Å². The molecule has 0 atom stereocenters. The lowest BCUT2D eigenvalue weighted by Gasteiger charge is -2.03. The molecule has 106 valence electrons. The van der Waals surface area contributed by atoms with Gasteiger partial charge in [0.15, 0.2) is 0 Å². The fourth-order valence-corrected chi connectivity index (χ4v) is 3.57. The molecule has 0 aliphatic rings. The minimum absolute atomic E-state index is 0.110. The van der Waals surface area contributed by atoms with Crippen LogP contribution in [0.1, 0.15) is 15.2 Å². The molecule has 9 heteroatoms. The van der Waals surface area contributed by atoms with Crippen molar-refractivity contribution in [1.82, 2.24) is 15.5 Å². The highest BCUT2D eigenvalue weighted by Gasteiger charge is 2.13. The highest BCUT2D eigenvalue weighted by molar-refractivity contribution is 8.15. The minimum Gasteiger partial charge on any atom is -0.352 e. The molecule has 2 aromatic rings. The Bertz CT molecular complexity index is 701. The fraction of sp³-hybridized carbons (Fsp3) is 0.182. The Kier molecular flexibility index (Phi) is 4.69. The summed E-state index contributed by atoms with van der Waals surface area (Å²) >= 11 is 1.09. The highest BCUT2D eigenvalue weighted by atomic mass is 35.7. The lowest BCUT2D eigenvalue weighted by Crippen LogP contribution is -2.25. The Morgan fingerprint density at radius 3 is 2.70 bits per heavy atom. The zero-order chi connectivity index (χ0) is 14.6. The van der Waals surface area contributed by atoms with E-state index in [0.717, 1.165) is 16.2 Å². The predicted octanol–water partition coefficient (Wildman–Crippen LogP) is 1.44. The van der Waals surface area contributed by atoms with Crippen LogP contribution in [0, 0.1) is 0 Å². The minimum atomic E-state index is -3.68. The van der Waals surface area contributed by atoms with Crippen molar-refractivity contribution in [2.24, 2.45) is 0 Å². The maximum absolute atomic E-state index is 11.7. The monoisotopic (exact) mass is 331 g/mol. The van der Waals surface area contributed by atoms with Crippen LogP contribution in [0.2, 0.25) is 0 Å². The molecule has 0 spiro atoms. The van der Waals surface area contributed by atoms with Gasteiger partial charge in [0.1, 0.15) is 4.21 Å². The lowest BCUT2D eigenvalue weighted by atomic mass is 10.3. The summed E-state index contributed by atoms with van der Waals surface area (Å²) in [5.41, 5.74) is 0.426. The van der Waals surface area contributed by atoms with Crippen molar-refractivity contribution in [3.05, 3.63) is 41.0 Å². The van der Waals surface area contributed by atoms with Crippen molar-refractivity contribution in [3.63, 3.8) is 0 Å². The van der Waals surface area contributed by atoms with Gasteiger partial charge in [-0.15, -0.1) is 11.3 Å². The van der Waals surface area contributed by atoms with Gasteiger partial charge in [0.25, 0.3) is 15.0 Å². The van der Waals surface area contributed by atoms with Crippen molar-refractivity contribution in [3.8, 4) is 0 Å². The van der Waals surface area contributed by atoms with Crippen molar-refractivity contribution >= 4 is 37.0 Å². The molecule has 0 aliphatic heterocycles. The molecule has 0 radical (unpaired) electrons. The van der Waals surface area contributed by atoms with Gasteiger partial charge in [-0.05, 0) is 24.6 Å². The standard InChI is InChI=1S/C11H10ClN3O3S2/c12-20(17,18)10-2-1-9(19-10)4-5-13-11(16)8-3-6-14-15-7-8/h1-3,6-7H,4-5H2,(H,13,16). The average molecular weight is 332 g/mol. The summed E-state index contributed by atoms with van der Waals surface area (Å²) in [6.45, 7) is 0.392. The third-order valence-corrected chi connectivity index (χ3v) is 5.62. The topological polar surface area (TPSA) is 89.0 Å². The van der Waals surface area contributed by atoms with Gasteiger partial charge in [-0.2, -0.15) is 10.2 Å². The van der Waals surface area contributed by atoms with Crippen LogP contribution in [0.15, 0.2) is 34.8 Å². The number of thiophene rings is 1. The second-order valence-electron chi connectivity index (χ2n) is 3.80. The Balaban J connectivity index is 1.88. The van der Waals surface area contributed by atoms with Crippen molar-refractivity contribution in [1.29, 1.82) is 0 Å². The molecule has 1 amide bonds. The molecule has 0 aromatic carbocycles. The smallest absolute Gasteiger partial charge is 0.270 e. The number of nitrogens with zero attached hydrogens (tertiary/aromatic N) is 2. The van der Waals surface area contributed by atoms with Crippen LogP contribution < -0.4 is 5.32 Å². The zero-order valence-electron chi connectivity index (χ0n) is 10.1. The molecule has 0 saturated carbocycles. The molecule has 20 heavy (non-hydrogen) atoms. The molecule has 2 aromatic heterocycles. The molecule has 0 bridgehead atoms. The van der Waals surface area contributed by atoms with Crippen LogP contribution in [0.3, 0.4) is 0 Å². The van der Waals surface area contributed by atoms with Gasteiger partial charge >= 0.3 is 0 Å². The Hall–Kier alpha value is -1.51. The van der Waals surface area contributed by atoms with Gasteiger partial charge in [-0.25, -0.2) is 8.42 Å². The normalized spacial score (nSPS) is 11.2. The van der Waals surface area contributed by atoms with E-state index in [4.69, 9.17) is 10.7 Å². The second-order valence-corrected chi connectivity index (χ2v) is 7.76. The van der Waals surface area contributed by atoms with E-state index >= 15 is 0 Å². The molecule has 0 saturated heterocycles. The average Bonchev–Trinajstić information content (AvgIpc) is 2.88. The maximum Gasteiger partial charge on any atom is 0.270 e. The van der Waals surface area contributed by atoms with Crippen LogP contribution in [0.25, 0.3) is 0 Å². The largest absolute Gasteiger partial charge is 0.352 e. The molecule has 0 aliphatic carbocycles. The molecule has 1 N–H and O–H groups in total. The summed E-state index contributed by atoms with van der Waals surface area (Å²) < 4.78 is 22.3. The first kappa shape index (κ1) is 14.9.